The summed E-state index contributed by atoms with van der Waals surface area (Å²) < 4.78 is 18.1. The fourth-order valence-corrected chi connectivity index (χ4v) is 5.83. The first-order valence-electron chi connectivity index (χ1n) is 12.4. The number of fused-ring (bicyclic) bond motifs is 3. The molecule has 5 rings (SSSR count). The van der Waals surface area contributed by atoms with Gasteiger partial charge in [-0.25, -0.2) is 0 Å². The number of nitrogens with zero attached hydrogens (tertiary/aromatic N) is 2. The van der Waals surface area contributed by atoms with Crippen molar-refractivity contribution in [2.75, 3.05) is 20.8 Å². The highest BCUT2D eigenvalue weighted by Gasteiger charge is 2.28. The molecule has 0 aliphatic heterocycles. The molecule has 1 aliphatic rings. The van der Waals surface area contributed by atoms with Crippen LogP contribution in [0.4, 0.5) is 0 Å². The van der Waals surface area contributed by atoms with Crippen molar-refractivity contribution in [3.63, 3.8) is 0 Å². The zero-order valence-electron chi connectivity index (χ0n) is 21.4. The van der Waals surface area contributed by atoms with Crippen LogP contribution in [-0.2, 0) is 0 Å². The number of aromatic nitrogens is 2. The number of carbonyl (C=O) groups is 1. The molecule has 1 amide bonds. The van der Waals surface area contributed by atoms with Gasteiger partial charge in [0.05, 0.1) is 24.8 Å². The van der Waals surface area contributed by atoms with E-state index in [2.05, 4.69) is 10.5 Å². The molecule has 1 aliphatic carbocycles. The van der Waals surface area contributed by atoms with Crippen LogP contribution < -0.4 is 20.3 Å². The van der Waals surface area contributed by atoms with Crippen molar-refractivity contribution in [2.24, 2.45) is 5.92 Å². The Morgan fingerprint density at radius 1 is 1.16 bits per heavy atom. The van der Waals surface area contributed by atoms with E-state index in [9.17, 15) is 9.59 Å². The molecule has 0 spiro atoms. The molecule has 2 heterocycles. The quantitative estimate of drug-likeness (QED) is 0.354. The molecule has 0 unspecified atom stereocenters. The van der Waals surface area contributed by atoms with Crippen molar-refractivity contribution in [1.82, 2.24) is 15.0 Å². The van der Waals surface area contributed by atoms with Gasteiger partial charge in [0.15, 0.2) is 0 Å². The van der Waals surface area contributed by atoms with Crippen LogP contribution >= 0.6 is 11.6 Å². The number of amides is 1. The first-order chi connectivity index (χ1) is 17.8. The monoisotopic (exact) mass is 523 g/mol. The van der Waals surface area contributed by atoms with E-state index < -0.39 is 0 Å². The summed E-state index contributed by atoms with van der Waals surface area (Å²) in [6.07, 6.45) is 3.55. The minimum atomic E-state index is -0.186. The lowest BCUT2D eigenvalue weighted by atomic mass is 9.85. The van der Waals surface area contributed by atoms with Gasteiger partial charge in [-0.1, -0.05) is 29.2 Å². The number of hydrogen-bond acceptors (Lipinski definition) is 6. The number of aryl methyl sites for hydroxylation is 1. The minimum absolute atomic E-state index is 0.0256. The third-order valence-corrected chi connectivity index (χ3v) is 7.78. The second-order valence-corrected chi connectivity index (χ2v) is 10.1. The van der Waals surface area contributed by atoms with Crippen LogP contribution in [-0.4, -0.2) is 36.4 Å². The highest BCUT2D eigenvalue weighted by Crippen LogP contribution is 2.37. The molecule has 9 heteroatoms. The average Bonchev–Trinajstić information content (AvgIpc) is 3.29. The lowest BCUT2D eigenvalue weighted by Gasteiger charge is -2.31. The Hall–Kier alpha value is -3.52. The lowest BCUT2D eigenvalue weighted by molar-refractivity contribution is 0.0939. The van der Waals surface area contributed by atoms with E-state index in [1.54, 1.807) is 39.3 Å². The van der Waals surface area contributed by atoms with E-state index in [0.29, 0.717) is 45.3 Å². The van der Waals surface area contributed by atoms with Gasteiger partial charge in [-0.3, -0.25) is 9.59 Å². The SMILES string of the molecule is COc1cc(C(=O)NC[C@@H]2CCC[C@H](n3c(=O)c4c(C)onc4c4c(Cl)cccc43)C2)cc(OC)c1C. The van der Waals surface area contributed by atoms with Gasteiger partial charge in [-0.15, -0.1) is 0 Å². The Morgan fingerprint density at radius 3 is 2.59 bits per heavy atom. The molecule has 0 radical (unpaired) electrons. The van der Waals surface area contributed by atoms with Gasteiger partial charge in [0, 0.05) is 29.1 Å². The molecule has 8 nitrogen and oxygen atoms in total. The second kappa shape index (κ2) is 10.1. The summed E-state index contributed by atoms with van der Waals surface area (Å²) in [4.78, 5) is 26.7. The van der Waals surface area contributed by atoms with Crippen LogP contribution in [0.1, 0.15) is 53.4 Å². The molecule has 194 valence electrons. The molecule has 2 aromatic carbocycles. The van der Waals surface area contributed by atoms with Crippen LogP contribution in [0.3, 0.4) is 0 Å². The first-order valence-corrected chi connectivity index (χ1v) is 12.8. The number of hydrogen-bond donors (Lipinski definition) is 1. The number of pyridine rings is 1. The number of carbonyl (C=O) groups excluding carboxylic acids is 1. The zero-order valence-corrected chi connectivity index (χ0v) is 22.1. The van der Waals surface area contributed by atoms with E-state index in [0.717, 1.165) is 42.1 Å². The minimum Gasteiger partial charge on any atom is -0.496 e. The van der Waals surface area contributed by atoms with Crippen LogP contribution in [0, 0.1) is 19.8 Å². The molecule has 4 aromatic rings. The second-order valence-electron chi connectivity index (χ2n) is 9.67. The van der Waals surface area contributed by atoms with Crippen molar-refractivity contribution >= 4 is 39.3 Å². The van der Waals surface area contributed by atoms with Gasteiger partial charge in [0.1, 0.15) is 28.2 Å². The van der Waals surface area contributed by atoms with Gasteiger partial charge < -0.3 is 23.9 Å². The Bertz CT molecular complexity index is 1530. The summed E-state index contributed by atoms with van der Waals surface area (Å²) in [6, 6.07) is 8.99. The van der Waals surface area contributed by atoms with Crippen molar-refractivity contribution in [2.45, 2.75) is 45.6 Å². The fraction of sp³-hybridized carbons (Fsp3) is 0.393. The van der Waals surface area contributed by atoms with Gasteiger partial charge in [-0.05, 0) is 63.3 Å². The Labute approximate surface area is 219 Å². The van der Waals surface area contributed by atoms with E-state index in [1.165, 1.54) is 0 Å². The normalized spacial score (nSPS) is 17.8. The number of ether oxygens (including phenoxy) is 2. The summed E-state index contributed by atoms with van der Waals surface area (Å²) in [5.41, 5.74) is 2.47. The summed E-state index contributed by atoms with van der Waals surface area (Å²) in [5.74, 6) is 1.73. The topological polar surface area (TPSA) is 95.6 Å². The standard InChI is InChI=1S/C28H30ClN3O5/c1-15-22(35-3)12-18(13-23(15)36-4)27(33)30-14-17-7-5-8-19(11-17)32-21-10-6-9-20(29)25(21)26-24(28(32)34)16(2)37-31-26/h6,9-10,12-13,17,19H,5,7-8,11,14H2,1-4H3,(H,30,33)/t17-,19+/m1/s1. The van der Waals surface area contributed by atoms with Crippen LogP contribution in [0.15, 0.2) is 39.6 Å². The van der Waals surface area contributed by atoms with Crippen molar-refractivity contribution < 1.29 is 18.8 Å². The van der Waals surface area contributed by atoms with Crippen molar-refractivity contribution in [3.8, 4) is 11.5 Å². The van der Waals surface area contributed by atoms with Crippen molar-refractivity contribution in [3.05, 3.63) is 62.6 Å². The predicted octanol–water partition coefficient (Wildman–Crippen LogP) is 5.59. The van der Waals surface area contributed by atoms with Gasteiger partial charge in [0.25, 0.3) is 11.5 Å². The van der Waals surface area contributed by atoms with Crippen LogP contribution in [0.5, 0.6) is 11.5 Å². The Morgan fingerprint density at radius 2 is 1.89 bits per heavy atom. The maximum Gasteiger partial charge on any atom is 0.264 e. The smallest absolute Gasteiger partial charge is 0.264 e. The van der Waals surface area contributed by atoms with E-state index in [-0.39, 0.29) is 23.4 Å². The third kappa shape index (κ3) is 4.44. The number of rotatable bonds is 6. The maximum atomic E-state index is 13.7. The van der Waals surface area contributed by atoms with Gasteiger partial charge in [-0.2, -0.15) is 0 Å². The van der Waals surface area contributed by atoms with Crippen LogP contribution in [0.25, 0.3) is 21.8 Å². The molecule has 1 saturated carbocycles. The molecule has 1 N–H and O–H groups in total. The largest absolute Gasteiger partial charge is 0.496 e. The molecule has 2 aromatic heterocycles. The van der Waals surface area contributed by atoms with Crippen molar-refractivity contribution in [1.29, 1.82) is 0 Å². The molecule has 37 heavy (non-hydrogen) atoms. The summed E-state index contributed by atoms with van der Waals surface area (Å²) in [5, 5.41) is 8.95. The van der Waals surface area contributed by atoms with Gasteiger partial charge in [0.2, 0.25) is 0 Å². The van der Waals surface area contributed by atoms with E-state index in [1.807, 2.05) is 23.6 Å². The fourth-order valence-electron chi connectivity index (χ4n) is 5.57. The highest BCUT2D eigenvalue weighted by molar-refractivity contribution is 6.37. The number of benzene rings is 2. The van der Waals surface area contributed by atoms with E-state index >= 15 is 0 Å². The number of nitrogens with one attached hydrogen (secondary N) is 1. The third-order valence-electron chi connectivity index (χ3n) is 7.47. The maximum absolute atomic E-state index is 13.7. The zero-order chi connectivity index (χ0) is 26.3. The summed E-state index contributed by atoms with van der Waals surface area (Å²) in [7, 11) is 3.14. The van der Waals surface area contributed by atoms with Crippen LogP contribution in [0.2, 0.25) is 5.02 Å². The average molecular weight is 524 g/mol. The summed E-state index contributed by atoms with van der Waals surface area (Å²) >= 11 is 6.57. The number of halogens is 1. The molecule has 1 fully saturated rings. The Kier molecular flexibility index (Phi) is 6.86. The van der Waals surface area contributed by atoms with E-state index in [4.69, 9.17) is 25.6 Å². The molecular weight excluding hydrogens is 494 g/mol. The molecule has 0 bridgehead atoms. The first kappa shape index (κ1) is 25.1. The van der Waals surface area contributed by atoms with Gasteiger partial charge >= 0.3 is 0 Å². The predicted molar refractivity (Wildman–Crippen MR) is 143 cm³/mol. The number of methoxy groups -OCH3 is 2. The Balaban J connectivity index is 1.41. The lowest BCUT2D eigenvalue weighted by Crippen LogP contribution is -2.34. The molecule has 2 atom stereocenters. The summed E-state index contributed by atoms with van der Waals surface area (Å²) in [6.45, 7) is 4.15. The molecule has 0 saturated heterocycles. The molecular formula is C28H30ClN3O5. The highest BCUT2D eigenvalue weighted by atomic mass is 35.5.